The van der Waals surface area contributed by atoms with Crippen LogP contribution >= 0.6 is 0 Å². The molecule has 0 aromatic heterocycles. The van der Waals surface area contributed by atoms with Gasteiger partial charge < -0.3 is 20.2 Å². The zero-order valence-electron chi connectivity index (χ0n) is 12.1. The third kappa shape index (κ3) is 5.46. The lowest BCUT2D eigenvalue weighted by Crippen LogP contribution is -2.53. The Morgan fingerprint density at radius 2 is 1.84 bits per heavy atom. The molecule has 1 saturated heterocycles. The summed E-state index contributed by atoms with van der Waals surface area (Å²) in [6.45, 7) is 8.78. The van der Waals surface area contributed by atoms with E-state index in [1.165, 1.54) is 17.7 Å². The van der Waals surface area contributed by atoms with Crippen LogP contribution in [0.15, 0.2) is 0 Å². The van der Waals surface area contributed by atoms with Crippen molar-refractivity contribution in [3.8, 4) is 0 Å². The summed E-state index contributed by atoms with van der Waals surface area (Å²) in [5, 5.41) is 11.7. The highest BCUT2D eigenvalue weighted by Crippen LogP contribution is 2.13. The van der Waals surface area contributed by atoms with Crippen LogP contribution < -0.4 is 5.32 Å². The number of aliphatic carboxylic acids is 1. The number of hydrogen-bond donors (Lipinski definition) is 2. The van der Waals surface area contributed by atoms with Crippen molar-refractivity contribution >= 4 is 12.0 Å². The highest BCUT2D eigenvalue weighted by molar-refractivity contribution is 5.80. The van der Waals surface area contributed by atoms with Crippen molar-refractivity contribution in [3.63, 3.8) is 0 Å². The van der Waals surface area contributed by atoms with Gasteiger partial charge in [0, 0.05) is 18.6 Å². The van der Waals surface area contributed by atoms with Crippen molar-refractivity contribution < 1.29 is 14.7 Å². The molecular formula is C13H25N3O3. The first kappa shape index (κ1) is 15.8. The van der Waals surface area contributed by atoms with Crippen LogP contribution in [0.25, 0.3) is 0 Å². The topological polar surface area (TPSA) is 72.9 Å². The minimum Gasteiger partial charge on any atom is -0.480 e. The smallest absolute Gasteiger partial charge is 0.323 e. The number of nitrogens with one attached hydrogen (secondary N) is 1. The molecule has 1 rings (SSSR count). The first-order valence-electron chi connectivity index (χ1n) is 6.80. The molecule has 0 bridgehead atoms. The number of amides is 2. The van der Waals surface area contributed by atoms with Gasteiger partial charge in [0.15, 0.2) is 0 Å². The summed E-state index contributed by atoms with van der Waals surface area (Å²) in [4.78, 5) is 26.5. The number of urea groups is 1. The fourth-order valence-electron chi connectivity index (χ4n) is 2.17. The molecule has 2 amide bonds. The number of rotatable bonds is 5. The van der Waals surface area contributed by atoms with Gasteiger partial charge in [0.1, 0.15) is 6.54 Å². The number of nitrogens with zero attached hydrogens (tertiary/aromatic N) is 2. The summed E-state index contributed by atoms with van der Waals surface area (Å²) >= 11 is 0. The first-order chi connectivity index (χ1) is 8.80. The Morgan fingerprint density at radius 3 is 2.32 bits per heavy atom. The molecule has 1 fully saturated rings. The molecule has 0 unspecified atom stereocenters. The normalized spacial score (nSPS) is 16.4. The standard InChI is InChI=1S/C13H25N3O3/c1-13(2,3)16(10-11(17)18)12(19)14-6-9-15-7-4-5-8-15/h4-10H2,1-3H3,(H,14,19)(H,17,18). The molecule has 0 spiro atoms. The lowest BCUT2D eigenvalue weighted by Gasteiger charge is -2.34. The molecule has 2 N–H and O–H groups in total. The van der Waals surface area contributed by atoms with E-state index >= 15 is 0 Å². The van der Waals surface area contributed by atoms with E-state index in [1.807, 2.05) is 20.8 Å². The highest BCUT2D eigenvalue weighted by atomic mass is 16.4. The number of carboxylic acids is 1. The largest absolute Gasteiger partial charge is 0.480 e. The van der Waals surface area contributed by atoms with E-state index in [-0.39, 0.29) is 12.6 Å². The summed E-state index contributed by atoms with van der Waals surface area (Å²) in [6.07, 6.45) is 2.45. The average Bonchev–Trinajstić information content (AvgIpc) is 2.77. The molecule has 0 aromatic carbocycles. The van der Waals surface area contributed by atoms with E-state index < -0.39 is 11.5 Å². The molecule has 1 heterocycles. The molecule has 110 valence electrons. The zero-order chi connectivity index (χ0) is 14.5. The lowest BCUT2D eigenvalue weighted by atomic mass is 10.1. The molecule has 6 nitrogen and oxygen atoms in total. The van der Waals surface area contributed by atoms with Crippen molar-refractivity contribution in [2.45, 2.75) is 39.2 Å². The Kier molecular flexibility index (Phi) is 5.60. The van der Waals surface area contributed by atoms with Crippen LogP contribution in [0.1, 0.15) is 33.6 Å². The maximum Gasteiger partial charge on any atom is 0.323 e. The second-order valence-electron chi connectivity index (χ2n) is 5.93. The molecular weight excluding hydrogens is 246 g/mol. The zero-order valence-corrected chi connectivity index (χ0v) is 12.1. The number of likely N-dealkylation sites (tertiary alicyclic amines) is 1. The minimum atomic E-state index is -0.996. The van der Waals surface area contributed by atoms with Crippen molar-refractivity contribution in [2.24, 2.45) is 0 Å². The third-order valence-corrected chi connectivity index (χ3v) is 3.25. The maximum atomic E-state index is 12.0. The predicted octanol–water partition coefficient (Wildman–Crippen LogP) is 0.977. The van der Waals surface area contributed by atoms with Gasteiger partial charge in [-0.05, 0) is 46.7 Å². The van der Waals surface area contributed by atoms with Crippen LogP contribution in [0.5, 0.6) is 0 Å². The van der Waals surface area contributed by atoms with Gasteiger partial charge in [0.2, 0.25) is 0 Å². The van der Waals surface area contributed by atoms with E-state index in [0.717, 1.165) is 19.6 Å². The maximum absolute atomic E-state index is 12.0. The molecule has 0 radical (unpaired) electrons. The molecule has 19 heavy (non-hydrogen) atoms. The Balaban J connectivity index is 2.40. The second-order valence-corrected chi connectivity index (χ2v) is 5.93. The van der Waals surface area contributed by atoms with Crippen LogP contribution in [0, 0.1) is 0 Å². The number of carbonyl (C=O) groups excluding carboxylic acids is 1. The lowest BCUT2D eigenvalue weighted by molar-refractivity contribution is -0.138. The number of carbonyl (C=O) groups is 2. The van der Waals surface area contributed by atoms with E-state index in [1.54, 1.807) is 0 Å². The van der Waals surface area contributed by atoms with E-state index in [4.69, 9.17) is 5.11 Å². The van der Waals surface area contributed by atoms with Crippen molar-refractivity contribution in [1.82, 2.24) is 15.1 Å². The third-order valence-electron chi connectivity index (χ3n) is 3.25. The minimum absolute atomic E-state index is 0.279. The Labute approximate surface area is 114 Å². The van der Waals surface area contributed by atoms with Gasteiger partial charge in [-0.15, -0.1) is 0 Å². The first-order valence-corrected chi connectivity index (χ1v) is 6.80. The van der Waals surface area contributed by atoms with Crippen LogP contribution in [-0.4, -0.2) is 65.2 Å². The van der Waals surface area contributed by atoms with Gasteiger partial charge in [-0.1, -0.05) is 0 Å². The van der Waals surface area contributed by atoms with Gasteiger partial charge in [-0.25, -0.2) is 4.79 Å². The number of carboxylic acid groups (broad SMARTS) is 1. The summed E-state index contributed by atoms with van der Waals surface area (Å²) in [7, 11) is 0. The van der Waals surface area contributed by atoms with Crippen LogP contribution in [0.2, 0.25) is 0 Å². The number of hydrogen-bond acceptors (Lipinski definition) is 3. The van der Waals surface area contributed by atoms with Gasteiger partial charge in [-0.2, -0.15) is 0 Å². The van der Waals surface area contributed by atoms with E-state index in [2.05, 4.69) is 10.2 Å². The molecule has 6 heteroatoms. The van der Waals surface area contributed by atoms with Crippen molar-refractivity contribution in [2.75, 3.05) is 32.7 Å². The molecule has 0 aliphatic carbocycles. The molecule has 0 saturated carbocycles. The van der Waals surface area contributed by atoms with Crippen molar-refractivity contribution in [1.29, 1.82) is 0 Å². The summed E-state index contributed by atoms with van der Waals surface area (Å²) in [6, 6.07) is -0.311. The van der Waals surface area contributed by atoms with Crippen LogP contribution in [-0.2, 0) is 4.79 Å². The fourth-order valence-corrected chi connectivity index (χ4v) is 2.17. The average molecular weight is 271 g/mol. The fraction of sp³-hybridized carbons (Fsp3) is 0.846. The van der Waals surface area contributed by atoms with Crippen LogP contribution in [0.3, 0.4) is 0 Å². The monoisotopic (exact) mass is 271 g/mol. The van der Waals surface area contributed by atoms with E-state index in [0.29, 0.717) is 6.54 Å². The highest BCUT2D eigenvalue weighted by Gasteiger charge is 2.28. The van der Waals surface area contributed by atoms with Gasteiger partial charge >= 0.3 is 12.0 Å². The quantitative estimate of drug-likeness (QED) is 0.781. The van der Waals surface area contributed by atoms with Crippen LogP contribution in [0.4, 0.5) is 4.79 Å². The Bertz CT molecular complexity index is 320. The molecule has 1 aliphatic heterocycles. The predicted molar refractivity (Wildman–Crippen MR) is 73.2 cm³/mol. The summed E-state index contributed by atoms with van der Waals surface area (Å²) in [5.74, 6) is -0.996. The second kappa shape index (κ2) is 6.75. The summed E-state index contributed by atoms with van der Waals surface area (Å²) in [5.41, 5.74) is -0.504. The van der Waals surface area contributed by atoms with E-state index in [9.17, 15) is 9.59 Å². The Hall–Kier alpha value is -1.30. The van der Waals surface area contributed by atoms with Gasteiger partial charge in [0.05, 0.1) is 0 Å². The SMILES string of the molecule is CC(C)(C)N(CC(=O)O)C(=O)NCCN1CCCC1. The molecule has 0 atom stereocenters. The molecule has 1 aliphatic rings. The van der Waals surface area contributed by atoms with Crippen molar-refractivity contribution in [3.05, 3.63) is 0 Å². The summed E-state index contributed by atoms with van der Waals surface area (Å²) < 4.78 is 0. The Morgan fingerprint density at radius 1 is 1.26 bits per heavy atom. The molecule has 0 aromatic rings. The van der Waals surface area contributed by atoms with Gasteiger partial charge in [-0.3, -0.25) is 4.79 Å². The van der Waals surface area contributed by atoms with Gasteiger partial charge in [0.25, 0.3) is 0 Å².